The molecule has 17 heavy (non-hydrogen) atoms. The summed E-state index contributed by atoms with van der Waals surface area (Å²) in [6.45, 7) is 2.17. The van der Waals surface area contributed by atoms with Crippen LogP contribution in [0.2, 0.25) is 0 Å². The number of halogens is 1. The summed E-state index contributed by atoms with van der Waals surface area (Å²) in [5.41, 5.74) is 1.24. The predicted molar refractivity (Wildman–Crippen MR) is 69.8 cm³/mol. The predicted octanol–water partition coefficient (Wildman–Crippen LogP) is 2.14. The van der Waals surface area contributed by atoms with Crippen molar-refractivity contribution in [2.45, 2.75) is 12.8 Å². The van der Waals surface area contributed by atoms with Crippen LogP contribution in [-0.2, 0) is 16.0 Å². The van der Waals surface area contributed by atoms with Gasteiger partial charge in [0.2, 0.25) is 5.91 Å². The minimum absolute atomic E-state index is 0.135. The SMILES string of the molecule is O=C(CC1COC1)NCCc1ccc(Br)cc1. The van der Waals surface area contributed by atoms with E-state index in [4.69, 9.17) is 4.74 Å². The van der Waals surface area contributed by atoms with Gasteiger partial charge in [0.25, 0.3) is 0 Å². The lowest BCUT2D eigenvalue weighted by Crippen LogP contribution is -2.35. The summed E-state index contributed by atoms with van der Waals surface area (Å²) >= 11 is 3.40. The second-order valence-corrected chi connectivity index (χ2v) is 5.25. The first-order chi connectivity index (χ1) is 8.24. The Morgan fingerprint density at radius 3 is 2.65 bits per heavy atom. The van der Waals surface area contributed by atoms with Crippen LogP contribution in [0, 0.1) is 5.92 Å². The Kier molecular flexibility index (Phi) is 4.57. The molecule has 2 rings (SSSR count). The minimum atomic E-state index is 0.135. The average molecular weight is 298 g/mol. The maximum absolute atomic E-state index is 11.5. The highest BCUT2D eigenvalue weighted by Gasteiger charge is 2.21. The van der Waals surface area contributed by atoms with Crippen LogP contribution in [0.5, 0.6) is 0 Å². The van der Waals surface area contributed by atoms with Gasteiger partial charge in [0.1, 0.15) is 0 Å². The highest BCUT2D eigenvalue weighted by molar-refractivity contribution is 9.10. The number of ether oxygens (including phenoxy) is 1. The van der Waals surface area contributed by atoms with Gasteiger partial charge in [-0.15, -0.1) is 0 Å². The molecule has 1 aromatic rings. The highest BCUT2D eigenvalue weighted by Crippen LogP contribution is 2.14. The molecule has 1 N–H and O–H groups in total. The fourth-order valence-corrected chi connectivity index (χ4v) is 2.00. The van der Waals surface area contributed by atoms with Gasteiger partial charge in [-0.05, 0) is 24.1 Å². The van der Waals surface area contributed by atoms with E-state index in [1.54, 1.807) is 0 Å². The van der Waals surface area contributed by atoms with E-state index < -0.39 is 0 Å². The topological polar surface area (TPSA) is 38.3 Å². The van der Waals surface area contributed by atoms with E-state index in [0.717, 1.165) is 24.1 Å². The molecule has 92 valence electrons. The van der Waals surface area contributed by atoms with Gasteiger partial charge < -0.3 is 10.1 Å². The maximum atomic E-state index is 11.5. The van der Waals surface area contributed by atoms with Crippen LogP contribution in [0.4, 0.5) is 0 Å². The summed E-state index contributed by atoms with van der Waals surface area (Å²) in [6.07, 6.45) is 1.47. The van der Waals surface area contributed by atoms with Gasteiger partial charge in [-0.2, -0.15) is 0 Å². The Hall–Kier alpha value is -0.870. The molecule has 0 saturated carbocycles. The number of benzene rings is 1. The molecule has 0 unspecified atom stereocenters. The monoisotopic (exact) mass is 297 g/mol. The molecule has 0 bridgehead atoms. The Labute approximate surface area is 110 Å². The van der Waals surface area contributed by atoms with E-state index in [0.29, 0.717) is 18.9 Å². The van der Waals surface area contributed by atoms with Crippen molar-refractivity contribution in [3.63, 3.8) is 0 Å². The fraction of sp³-hybridized carbons (Fsp3) is 0.462. The second-order valence-electron chi connectivity index (χ2n) is 4.33. The fourth-order valence-electron chi connectivity index (χ4n) is 1.73. The van der Waals surface area contributed by atoms with Gasteiger partial charge >= 0.3 is 0 Å². The van der Waals surface area contributed by atoms with Crippen molar-refractivity contribution in [2.24, 2.45) is 5.92 Å². The van der Waals surface area contributed by atoms with Crippen LogP contribution in [0.1, 0.15) is 12.0 Å². The molecule has 3 nitrogen and oxygen atoms in total. The lowest BCUT2D eigenvalue weighted by molar-refractivity contribution is -0.126. The zero-order valence-electron chi connectivity index (χ0n) is 9.62. The number of carbonyl (C=O) groups is 1. The van der Waals surface area contributed by atoms with Gasteiger partial charge in [-0.25, -0.2) is 0 Å². The Morgan fingerprint density at radius 1 is 1.35 bits per heavy atom. The van der Waals surface area contributed by atoms with Crippen molar-refractivity contribution in [1.29, 1.82) is 0 Å². The van der Waals surface area contributed by atoms with Crippen molar-refractivity contribution in [3.8, 4) is 0 Å². The molecular formula is C13H16BrNO2. The molecule has 1 heterocycles. The van der Waals surface area contributed by atoms with Crippen molar-refractivity contribution in [2.75, 3.05) is 19.8 Å². The minimum Gasteiger partial charge on any atom is -0.381 e. The molecule has 0 radical (unpaired) electrons. The standard InChI is InChI=1S/C13H16BrNO2/c14-12-3-1-10(2-4-12)5-6-15-13(16)7-11-8-17-9-11/h1-4,11H,5-9H2,(H,15,16). The van der Waals surface area contributed by atoms with Crippen LogP contribution in [0.15, 0.2) is 28.7 Å². The van der Waals surface area contributed by atoms with Gasteiger partial charge in [0.15, 0.2) is 0 Å². The number of nitrogens with one attached hydrogen (secondary N) is 1. The Morgan fingerprint density at radius 2 is 2.06 bits per heavy atom. The van der Waals surface area contributed by atoms with Crippen LogP contribution in [0.3, 0.4) is 0 Å². The molecule has 1 aliphatic heterocycles. The van der Waals surface area contributed by atoms with E-state index in [1.165, 1.54) is 5.56 Å². The molecule has 1 amide bonds. The number of hydrogen-bond donors (Lipinski definition) is 1. The zero-order chi connectivity index (χ0) is 12.1. The quantitative estimate of drug-likeness (QED) is 0.904. The summed E-state index contributed by atoms with van der Waals surface area (Å²) in [5.74, 6) is 0.568. The number of rotatable bonds is 5. The molecule has 0 atom stereocenters. The largest absolute Gasteiger partial charge is 0.381 e. The first kappa shape index (κ1) is 12.6. The van der Waals surface area contributed by atoms with Crippen LogP contribution in [-0.4, -0.2) is 25.7 Å². The third kappa shape index (κ3) is 4.13. The molecule has 1 fully saturated rings. The first-order valence-electron chi connectivity index (χ1n) is 5.83. The van der Waals surface area contributed by atoms with E-state index >= 15 is 0 Å². The van der Waals surface area contributed by atoms with Gasteiger partial charge in [-0.3, -0.25) is 4.79 Å². The summed E-state index contributed by atoms with van der Waals surface area (Å²) in [5, 5.41) is 2.94. The van der Waals surface area contributed by atoms with Crippen LogP contribution in [0.25, 0.3) is 0 Å². The Bertz CT molecular complexity index is 374. The second kappa shape index (κ2) is 6.17. The molecule has 0 aromatic heterocycles. The Balaban J connectivity index is 1.64. The zero-order valence-corrected chi connectivity index (χ0v) is 11.2. The van der Waals surface area contributed by atoms with Crippen molar-refractivity contribution in [3.05, 3.63) is 34.3 Å². The van der Waals surface area contributed by atoms with Crippen molar-refractivity contribution < 1.29 is 9.53 Å². The molecule has 1 aromatic carbocycles. The van der Waals surface area contributed by atoms with Crippen LogP contribution < -0.4 is 5.32 Å². The summed E-state index contributed by atoms with van der Waals surface area (Å²) in [7, 11) is 0. The molecule has 1 saturated heterocycles. The van der Waals surface area contributed by atoms with E-state index in [2.05, 4.69) is 33.4 Å². The van der Waals surface area contributed by atoms with E-state index in [-0.39, 0.29) is 5.91 Å². The normalized spacial score (nSPS) is 15.4. The third-order valence-corrected chi connectivity index (χ3v) is 3.36. The smallest absolute Gasteiger partial charge is 0.220 e. The molecule has 4 heteroatoms. The third-order valence-electron chi connectivity index (χ3n) is 2.83. The van der Waals surface area contributed by atoms with E-state index in [9.17, 15) is 4.79 Å². The number of hydrogen-bond acceptors (Lipinski definition) is 2. The molecular weight excluding hydrogens is 282 g/mol. The summed E-state index contributed by atoms with van der Waals surface area (Å²) < 4.78 is 6.12. The number of amides is 1. The van der Waals surface area contributed by atoms with E-state index in [1.807, 2.05) is 12.1 Å². The summed E-state index contributed by atoms with van der Waals surface area (Å²) in [6, 6.07) is 8.16. The van der Waals surface area contributed by atoms with Gasteiger partial charge in [0, 0.05) is 23.4 Å². The number of carbonyl (C=O) groups excluding carboxylic acids is 1. The van der Waals surface area contributed by atoms with Crippen LogP contribution >= 0.6 is 15.9 Å². The summed E-state index contributed by atoms with van der Waals surface area (Å²) in [4.78, 5) is 11.5. The van der Waals surface area contributed by atoms with Crippen molar-refractivity contribution in [1.82, 2.24) is 5.32 Å². The first-order valence-corrected chi connectivity index (χ1v) is 6.62. The lowest BCUT2D eigenvalue weighted by Gasteiger charge is -2.25. The lowest BCUT2D eigenvalue weighted by atomic mass is 10.0. The molecule has 0 aliphatic carbocycles. The van der Waals surface area contributed by atoms with Gasteiger partial charge in [0.05, 0.1) is 13.2 Å². The van der Waals surface area contributed by atoms with Crippen molar-refractivity contribution >= 4 is 21.8 Å². The average Bonchev–Trinajstić information content (AvgIpc) is 2.26. The molecule has 0 spiro atoms. The highest BCUT2D eigenvalue weighted by atomic mass is 79.9. The maximum Gasteiger partial charge on any atom is 0.220 e. The van der Waals surface area contributed by atoms with Gasteiger partial charge in [-0.1, -0.05) is 28.1 Å². The molecule has 1 aliphatic rings.